The number of carboxylic acid groups (broad SMARTS) is 1. The van der Waals surface area contributed by atoms with Crippen molar-refractivity contribution in [2.45, 2.75) is 97.7 Å². The summed E-state index contributed by atoms with van der Waals surface area (Å²) >= 11 is 0. The Balaban J connectivity index is -0.000000276. The van der Waals surface area contributed by atoms with E-state index in [9.17, 15) is 24.0 Å². The number of carbonyl (C=O) groups excluding carboxylic acids is 4. The molecule has 0 saturated heterocycles. The highest BCUT2D eigenvalue weighted by molar-refractivity contribution is 5.73. The number of hydrogen-bond donors (Lipinski definition) is 20. The lowest BCUT2D eigenvalue weighted by Gasteiger charge is -2.22. The zero-order valence-corrected chi connectivity index (χ0v) is 25.2. The van der Waals surface area contributed by atoms with E-state index >= 15 is 0 Å². The third-order valence-corrected chi connectivity index (χ3v) is 5.68. The summed E-state index contributed by atoms with van der Waals surface area (Å²) in [4.78, 5) is 49.6. The third-order valence-electron chi connectivity index (χ3n) is 5.68. The smallest absolute Gasteiger partial charge is 0.335 e. The highest BCUT2D eigenvalue weighted by atomic mass is 16.4. The number of hydrogen-bond acceptors (Lipinski definition) is 24. The lowest BCUT2D eigenvalue weighted by Crippen LogP contribution is -2.48. The van der Waals surface area contributed by atoms with Crippen molar-refractivity contribution in [1.29, 1.82) is 0 Å². The van der Waals surface area contributed by atoms with Crippen LogP contribution in [0.3, 0.4) is 0 Å². The molecule has 0 heterocycles. The van der Waals surface area contributed by atoms with Gasteiger partial charge in [0.25, 0.3) is 0 Å². The van der Waals surface area contributed by atoms with Crippen LogP contribution >= 0.6 is 0 Å². The fourth-order valence-electron chi connectivity index (χ4n) is 2.47. The van der Waals surface area contributed by atoms with Crippen LogP contribution in [0.1, 0.15) is 0 Å². The predicted octanol–water partition coefficient (Wildman–Crippen LogP) is -13.4. The molecule has 0 aromatic rings. The van der Waals surface area contributed by atoms with Crippen molar-refractivity contribution in [2.75, 3.05) is 19.8 Å². The standard InChI is InChI=1S/C6H10O7.3C6H12O6/c7-1-2(8)3(9)4(10)5(11)6(12)13;3*7-1-3(9)5(11)6(12)4(10)2-8/h1-5,8-11H,(H,12,13);3*1,3-6,8-12H,2H2/t2-,3+,4-,5-;2*3-,4+,5+,6+;3-,4-,5-,6-/m0001/s1. The Morgan fingerprint density at radius 1 is 0.367 bits per heavy atom. The first-order valence-corrected chi connectivity index (χ1v) is 13.3. The summed E-state index contributed by atoms with van der Waals surface area (Å²) in [7, 11) is 0. The molecule has 20 N–H and O–H groups in total. The van der Waals surface area contributed by atoms with Crippen LogP contribution in [-0.2, 0) is 24.0 Å². The lowest BCUT2D eigenvalue weighted by atomic mass is 10.0. The number of rotatable bonds is 20. The minimum atomic E-state index is -2.25. The van der Waals surface area contributed by atoms with Gasteiger partial charge in [-0.15, -0.1) is 0 Å². The van der Waals surface area contributed by atoms with Crippen LogP contribution in [0.5, 0.6) is 0 Å². The zero-order chi connectivity index (χ0) is 39.8. The summed E-state index contributed by atoms with van der Waals surface area (Å²) in [6, 6.07) is 0. The lowest BCUT2D eigenvalue weighted by molar-refractivity contribution is -0.163. The number of carboxylic acids is 1. The number of aldehydes is 4. The molecular formula is C24H46O25. The third kappa shape index (κ3) is 21.3. The highest BCUT2D eigenvalue weighted by Crippen LogP contribution is 2.06. The maximum Gasteiger partial charge on any atom is 0.335 e. The molecule has 0 unspecified atom stereocenters. The summed E-state index contributed by atoms with van der Waals surface area (Å²) in [6.45, 7) is -2.28. The zero-order valence-electron chi connectivity index (χ0n) is 25.2. The molecule has 0 aliphatic heterocycles. The van der Waals surface area contributed by atoms with Gasteiger partial charge in [0.05, 0.1) is 19.8 Å². The minimum Gasteiger partial charge on any atom is -0.479 e. The van der Waals surface area contributed by atoms with Gasteiger partial charge < -0.3 is 121 Å². The molecule has 16 atom stereocenters. The Bertz CT molecular complexity index is 804. The quantitative estimate of drug-likeness (QED) is 0.0516. The molecule has 49 heavy (non-hydrogen) atoms. The molecule has 0 aromatic heterocycles. The van der Waals surface area contributed by atoms with E-state index in [2.05, 4.69) is 0 Å². The van der Waals surface area contributed by atoms with Crippen molar-refractivity contribution in [2.24, 2.45) is 0 Å². The first-order chi connectivity index (χ1) is 22.5. The van der Waals surface area contributed by atoms with E-state index in [0.717, 1.165) is 0 Å². The molecule has 0 amide bonds. The number of aliphatic hydroxyl groups is 19. The largest absolute Gasteiger partial charge is 0.479 e. The molecule has 0 rings (SSSR count). The Labute approximate surface area is 275 Å². The van der Waals surface area contributed by atoms with E-state index in [1.54, 1.807) is 0 Å². The molecule has 0 aliphatic rings. The van der Waals surface area contributed by atoms with E-state index in [1.165, 1.54) is 0 Å². The van der Waals surface area contributed by atoms with Gasteiger partial charge in [0.2, 0.25) is 0 Å². The maximum absolute atomic E-state index is 10.1. The van der Waals surface area contributed by atoms with Crippen molar-refractivity contribution in [3.63, 3.8) is 0 Å². The normalized spacial score (nSPS) is 20.8. The van der Waals surface area contributed by atoms with Crippen LogP contribution < -0.4 is 0 Å². The van der Waals surface area contributed by atoms with Crippen molar-refractivity contribution >= 4 is 31.1 Å². The second-order valence-corrected chi connectivity index (χ2v) is 9.46. The summed E-state index contributed by atoms with van der Waals surface area (Å²) in [6.07, 6.45) is -28.9. The van der Waals surface area contributed by atoms with E-state index < -0.39 is 123 Å². The molecule has 0 radical (unpaired) electrons. The van der Waals surface area contributed by atoms with Gasteiger partial charge in [-0.25, -0.2) is 4.79 Å². The van der Waals surface area contributed by atoms with Gasteiger partial charge in [-0.1, -0.05) is 0 Å². The van der Waals surface area contributed by atoms with Gasteiger partial charge >= 0.3 is 5.97 Å². The minimum absolute atomic E-state index is 0.0258. The van der Waals surface area contributed by atoms with Crippen LogP contribution in [0.2, 0.25) is 0 Å². The molecule has 0 saturated carbocycles. The van der Waals surface area contributed by atoms with Gasteiger partial charge in [0.1, 0.15) is 91.6 Å². The van der Waals surface area contributed by atoms with E-state index in [0.29, 0.717) is 0 Å². The van der Waals surface area contributed by atoms with Crippen LogP contribution in [0.4, 0.5) is 0 Å². The number of aliphatic hydroxyl groups excluding tert-OH is 19. The molecule has 0 fully saturated rings. The average Bonchev–Trinajstić information content (AvgIpc) is 3.12. The Morgan fingerprint density at radius 2 is 0.551 bits per heavy atom. The predicted molar refractivity (Wildman–Crippen MR) is 149 cm³/mol. The van der Waals surface area contributed by atoms with Crippen LogP contribution in [-0.4, -0.2) is 251 Å². The average molecular weight is 735 g/mol. The van der Waals surface area contributed by atoms with Crippen LogP contribution in [0.15, 0.2) is 0 Å². The van der Waals surface area contributed by atoms with Crippen molar-refractivity contribution < 1.29 is 126 Å². The molecule has 25 nitrogen and oxygen atoms in total. The topological polar surface area (TPSA) is 490 Å². The monoisotopic (exact) mass is 734 g/mol. The van der Waals surface area contributed by atoms with Gasteiger partial charge in [0.15, 0.2) is 31.2 Å². The molecule has 0 spiro atoms. The summed E-state index contributed by atoms with van der Waals surface area (Å²) in [5.41, 5.74) is 0. The van der Waals surface area contributed by atoms with E-state index in [1.807, 2.05) is 0 Å². The molecule has 0 bridgehead atoms. The maximum atomic E-state index is 10.1. The molecule has 292 valence electrons. The fourth-order valence-corrected chi connectivity index (χ4v) is 2.47. The first-order valence-electron chi connectivity index (χ1n) is 13.3. The summed E-state index contributed by atoms with van der Waals surface area (Å²) < 4.78 is 0. The van der Waals surface area contributed by atoms with Gasteiger partial charge in [-0.05, 0) is 0 Å². The SMILES string of the molecule is O=C[C@@H](O)[C@@H](O)[C@H](O)[C@H](O)CO.O=C[C@H](O)[C@@H](O)[C@H](O)[C@H](O)C(=O)O.O=C[C@H](O)[C@@H](O)[C@H](O)[C@H](O)CO.O=C[C@H](O)[C@@H](O)[C@H](O)[C@H](O)CO. The van der Waals surface area contributed by atoms with Gasteiger partial charge in [-0.2, -0.15) is 0 Å². The van der Waals surface area contributed by atoms with E-state index in [-0.39, 0.29) is 25.1 Å². The first kappa shape index (κ1) is 53.2. The summed E-state index contributed by atoms with van der Waals surface area (Å²) in [5, 5.41) is 174. The Kier molecular flexibility index (Phi) is 31.6. The van der Waals surface area contributed by atoms with Crippen molar-refractivity contribution in [1.82, 2.24) is 0 Å². The number of carbonyl (C=O) groups is 5. The second kappa shape index (κ2) is 29.2. The second-order valence-electron chi connectivity index (χ2n) is 9.46. The number of aliphatic carboxylic acids is 1. The van der Waals surface area contributed by atoms with Gasteiger partial charge in [-0.3, -0.25) is 0 Å². The fraction of sp³-hybridized carbons (Fsp3) is 0.792. The van der Waals surface area contributed by atoms with Crippen molar-refractivity contribution in [3.05, 3.63) is 0 Å². The van der Waals surface area contributed by atoms with Gasteiger partial charge in [0, 0.05) is 0 Å². The van der Waals surface area contributed by atoms with E-state index in [4.69, 9.17) is 102 Å². The molecule has 25 heteroatoms. The molecule has 0 aromatic carbocycles. The summed E-state index contributed by atoms with van der Waals surface area (Å²) in [5.74, 6) is -1.76. The van der Waals surface area contributed by atoms with Crippen LogP contribution in [0, 0.1) is 0 Å². The van der Waals surface area contributed by atoms with Crippen LogP contribution in [0.25, 0.3) is 0 Å². The molecule has 0 aliphatic carbocycles. The highest BCUT2D eigenvalue weighted by Gasteiger charge is 2.34. The Morgan fingerprint density at radius 3 is 0.694 bits per heavy atom. The molecular weight excluding hydrogens is 688 g/mol. The Hall–Kier alpha value is -2.61. The van der Waals surface area contributed by atoms with Crippen molar-refractivity contribution in [3.8, 4) is 0 Å².